The molecule has 0 aliphatic rings. The van der Waals surface area contributed by atoms with Gasteiger partial charge in [0.2, 0.25) is 0 Å². The number of nitrogens with one attached hydrogen (secondary N) is 1. The molecule has 1 N–H and O–H groups in total. The van der Waals surface area contributed by atoms with Gasteiger partial charge >= 0.3 is 0 Å². The van der Waals surface area contributed by atoms with E-state index in [0.717, 1.165) is 28.2 Å². The van der Waals surface area contributed by atoms with Crippen LogP contribution in [0.5, 0.6) is 5.75 Å². The summed E-state index contributed by atoms with van der Waals surface area (Å²) >= 11 is 1.64. The number of hydrogen-bond acceptors (Lipinski definition) is 3. The molecule has 0 unspecified atom stereocenters. The summed E-state index contributed by atoms with van der Waals surface area (Å²) in [5.41, 5.74) is 3.38. The van der Waals surface area contributed by atoms with Gasteiger partial charge in [-0.3, -0.25) is 4.79 Å². The molecule has 0 saturated heterocycles. The van der Waals surface area contributed by atoms with Crippen molar-refractivity contribution in [2.75, 3.05) is 6.61 Å². The molecule has 0 spiro atoms. The van der Waals surface area contributed by atoms with E-state index in [1.807, 2.05) is 48.7 Å². The Bertz CT molecular complexity index is 841. The van der Waals surface area contributed by atoms with Crippen molar-refractivity contribution in [2.24, 2.45) is 0 Å². The van der Waals surface area contributed by atoms with Gasteiger partial charge in [-0.1, -0.05) is 55.5 Å². The highest BCUT2D eigenvalue weighted by Gasteiger charge is 2.18. The molecule has 4 heteroatoms. The minimum Gasteiger partial charge on any atom is -0.484 e. The third-order valence-corrected chi connectivity index (χ3v) is 5.24. The summed E-state index contributed by atoms with van der Waals surface area (Å²) in [5, 5.41) is 5.14. The highest BCUT2D eigenvalue weighted by Crippen LogP contribution is 2.26. The Morgan fingerprint density at radius 1 is 1.08 bits per heavy atom. The van der Waals surface area contributed by atoms with Gasteiger partial charge in [-0.2, -0.15) is 0 Å². The average Bonchev–Trinajstić information content (AvgIpc) is 3.20. The van der Waals surface area contributed by atoms with Crippen molar-refractivity contribution in [3.63, 3.8) is 0 Å². The van der Waals surface area contributed by atoms with E-state index in [1.165, 1.54) is 5.56 Å². The Morgan fingerprint density at radius 2 is 1.85 bits per heavy atom. The molecule has 0 aliphatic carbocycles. The largest absolute Gasteiger partial charge is 0.484 e. The molecule has 26 heavy (non-hydrogen) atoms. The third kappa shape index (κ3) is 4.52. The maximum absolute atomic E-state index is 12.5. The fourth-order valence-electron chi connectivity index (χ4n) is 2.78. The topological polar surface area (TPSA) is 38.3 Å². The monoisotopic (exact) mass is 365 g/mol. The van der Waals surface area contributed by atoms with E-state index in [9.17, 15) is 4.79 Å². The Hall–Kier alpha value is -2.59. The SMILES string of the molecule is CCc1ccc([C@@H](NC(=O)COc2ccccc2C)c2cccs2)cc1. The van der Waals surface area contributed by atoms with E-state index >= 15 is 0 Å². The van der Waals surface area contributed by atoms with Gasteiger partial charge in [0.1, 0.15) is 5.75 Å². The van der Waals surface area contributed by atoms with E-state index in [1.54, 1.807) is 11.3 Å². The van der Waals surface area contributed by atoms with Gasteiger partial charge in [-0.15, -0.1) is 11.3 Å². The van der Waals surface area contributed by atoms with Gasteiger partial charge in [0.25, 0.3) is 5.91 Å². The summed E-state index contributed by atoms with van der Waals surface area (Å²) in [6.45, 7) is 4.10. The van der Waals surface area contributed by atoms with Crippen molar-refractivity contribution in [2.45, 2.75) is 26.3 Å². The number of carbonyl (C=O) groups excluding carboxylic acids is 1. The maximum Gasteiger partial charge on any atom is 0.258 e. The van der Waals surface area contributed by atoms with Crippen LogP contribution in [0.2, 0.25) is 0 Å². The van der Waals surface area contributed by atoms with E-state index in [4.69, 9.17) is 4.74 Å². The number of aryl methyl sites for hydroxylation is 2. The number of amides is 1. The first kappa shape index (κ1) is 18.2. The summed E-state index contributed by atoms with van der Waals surface area (Å²) in [6, 6.07) is 20.0. The van der Waals surface area contributed by atoms with Gasteiger partial charge in [-0.25, -0.2) is 0 Å². The van der Waals surface area contributed by atoms with Crippen LogP contribution >= 0.6 is 11.3 Å². The number of ether oxygens (including phenoxy) is 1. The molecular formula is C22H23NO2S. The second kappa shape index (κ2) is 8.68. The van der Waals surface area contributed by atoms with Crippen LogP contribution in [-0.4, -0.2) is 12.5 Å². The van der Waals surface area contributed by atoms with Gasteiger partial charge in [0, 0.05) is 4.88 Å². The van der Waals surface area contributed by atoms with Crippen LogP contribution in [0.3, 0.4) is 0 Å². The second-order valence-corrected chi connectivity index (χ2v) is 7.14. The lowest BCUT2D eigenvalue weighted by Gasteiger charge is -2.19. The van der Waals surface area contributed by atoms with Crippen molar-refractivity contribution in [3.8, 4) is 5.75 Å². The smallest absolute Gasteiger partial charge is 0.258 e. The molecule has 0 saturated carbocycles. The summed E-state index contributed by atoms with van der Waals surface area (Å²) < 4.78 is 5.68. The van der Waals surface area contributed by atoms with Crippen molar-refractivity contribution >= 4 is 17.2 Å². The minimum absolute atomic E-state index is 0.000226. The summed E-state index contributed by atoms with van der Waals surface area (Å²) in [7, 11) is 0. The quantitative estimate of drug-likeness (QED) is 0.646. The standard InChI is InChI=1S/C22H23NO2S/c1-3-17-10-12-18(13-11-17)22(20-9-6-14-26-20)23-21(24)15-25-19-8-5-4-7-16(19)2/h4-14,22H,3,15H2,1-2H3,(H,23,24)/t22-/m1/s1. The predicted molar refractivity (Wildman–Crippen MR) is 107 cm³/mol. The zero-order valence-electron chi connectivity index (χ0n) is 15.1. The van der Waals surface area contributed by atoms with Crippen LogP contribution in [0.1, 0.15) is 34.5 Å². The Morgan fingerprint density at radius 3 is 2.50 bits per heavy atom. The molecular weight excluding hydrogens is 342 g/mol. The summed E-state index contributed by atoms with van der Waals surface area (Å²) in [4.78, 5) is 13.6. The number of thiophene rings is 1. The molecule has 0 fully saturated rings. The van der Waals surface area contributed by atoms with Crippen molar-refractivity contribution < 1.29 is 9.53 Å². The van der Waals surface area contributed by atoms with Gasteiger partial charge in [0.05, 0.1) is 6.04 Å². The molecule has 3 rings (SSSR count). The number of carbonyl (C=O) groups is 1. The fourth-order valence-corrected chi connectivity index (χ4v) is 3.59. The molecule has 1 heterocycles. The van der Waals surface area contributed by atoms with Gasteiger partial charge in [0.15, 0.2) is 6.61 Å². The first-order valence-corrected chi connectivity index (χ1v) is 9.65. The molecule has 0 aliphatic heterocycles. The fraction of sp³-hybridized carbons (Fsp3) is 0.227. The van der Waals surface area contributed by atoms with Crippen LogP contribution in [0.15, 0.2) is 66.0 Å². The predicted octanol–water partition coefficient (Wildman–Crippen LogP) is 4.90. The molecule has 2 aromatic carbocycles. The first-order chi connectivity index (χ1) is 12.7. The minimum atomic E-state index is -0.158. The zero-order chi connectivity index (χ0) is 18.4. The zero-order valence-corrected chi connectivity index (χ0v) is 15.9. The van der Waals surface area contributed by atoms with Crippen LogP contribution in [0.25, 0.3) is 0 Å². The number of para-hydroxylation sites is 1. The summed E-state index contributed by atoms with van der Waals surface area (Å²) in [6.07, 6.45) is 1.00. The highest BCUT2D eigenvalue weighted by molar-refractivity contribution is 7.10. The van der Waals surface area contributed by atoms with Crippen LogP contribution in [0, 0.1) is 6.92 Å². The number of benzene rings is 2. The lowest BCUT2D eigenvalue weighted by atomic mass is 10.0. The van der Waals surface area contributed by atoms with Gasteiger partial charge in [-0.05, 0) is 47.5 Å². The molecule has 1 amide bonds. The molecule has 1 atom stereocenters. The second-order valence-electron chi connectivity index (χ2n) is 6.17. The molecule has 3 aromatic rings. The van der Waals surface area contributed by atoms with E-state index < -0.39 is 0 Å². The Labute approximate surface area is 158 Å². The molecule has 0 bridgehead atoms. The third-order valence-electron chi connectivity index (χ3n) is 4.31. The number of rotatable bonds is 7. The maximum atomic E-state index is 12.5. The molecule has 1 aromatic heterocycles. The molecule has 0 radical (unpaired) electrons. The lowest BCUT2D eigenvalue weighted by Crippen LogP contribution is -2.33. The first-order valence-electron chi connectivity index (χ1n) is 8.77. The van der Waals surface area contributed by atoms with Crippen molar-refractivity contribution in [3.05, 3.63) is 87.6 Å². The van der Waals surface area contributed by atoms with E-state index in [2.05, 4.69) is 36.5 Å². The average molecular weight is 365 g/mol. The summed E-state index contributed by atoms with van der Waals surface area (Å²) in [5.74, 6) is 0.605. The lowest BCUT2D eigenvalue weighted by molar-refractivity contribution is -0.123. The van der Waals surface area contributed by atoms with E-state index in [0.29, 0.717) is 0 Å². The Kier molecular flexibility index (Phi) is 6.08. The molecule has 3 nitrogen and oxygen atoms in total. The van der Waals surface area contributed by atoms with Crippen LogP contribution in [0.4, 0.5) is 0 Å². The Balaban J connectivity index is 1.71. The van der Waals surface area contributed by atoms with Crippen molar-refractivity contribution in [1.29, 1.82) is 0 Å². The molecule has 134 valence electrons. The van der Waals surface area contributed by atoms with Crippen LogP contribution < -0.4 is 10.1 Å². The van der Waals surface area contributed by atoms with E-state index in [-0.39, 0.29) is 18.6 Å². The highest BCUT2D eigenvalue weighted by atomic mass is 32.1. The van der Waals surface area contributed by atoms with Gasteiger partial charge < -0.3 is 10.1 Å². The van der Waals surface area contributed by atoms with Crippen LogP contribution in [-0.2, 0) is 11.2 Å². The normalized spacial score (nSPS) is 11.8. The number of hydrogen-bond donors (Lipinski definition) is 1. The van der Waals surface area contributed by atoms with Crippen molar-refractivity contribution in [1.82, 2.24) is 5.32 Å².